The van der Waals surface area contributed by atoms with Gasteiger partial charge in [-0.1, -0.05) is 176 Å². The summed E-state index contributed by atoms with van der Waals surface area (Å²) >= 11 is 0. The summed E-state index contributed by atoms with van der Waals surface area (Å²) in [4.78, 5) is 7.61. The van der Waals surface area contributed by atoms with Crippen molar-refractivity contribution in [1.82, 2.24) is 4.98 Å². The molecular formula is C61H42N2O. The van der Waals surface area contributed by atoms with Gasteiger partial charge in [-0.05, 0) is 98.8 Å². The third-order valence-electron chi connectivity index (χ3n) is 15.2. The summed E-state index contributed by atoms with van der Waals surface area (Å²) in [6.45, 7) is 0. The average Bonchev–Trinajstić information content (AvgIpc) is 4.08. The number of anilines is 3. The van der Waals surface area contributed by atoms with E-state index in [1.165, 1.54) is 66.8 Å². The van der Waals surface area contributed by atoms with Crippen LogP contribution in [0.4, 0.5) is 17.1 Å². The largest absolute Gasteiger partial charge is 0.456 e. The van der Waals surface area contributed by atoms with Crippen molar-refractivity contribution in [1.29, 1.82) is 0 Å². The number of para-hydroxylation sites is 2. The molecule has 5 aliphatic rings. The highest BCUT2D eigenvalue weighted by molar-refractivity contribution is 6.09. The van der Waals surface area contributed by atoms with Gasteiger partial charge in [0.15, 0.2) is 0 Å². The Bertz CT molecular complexity index is 3490. The summed E-state index contributed by atoms with van der Waals surface area (Å²) < 4.78 is 7.17. The number of hydrogen-bond acceptors (Lipinski definition) is 3. The molecule has 1 spiro atoms. The monoisotopic (exact) mass is 818 g/mol. The van der Waals surface area contributed by atoms with E-state index in [-0.39, 0.29) is 11.8 Å². The molecule has 0 saturated carbocycles. The van der Waals surface area contributed by atoms with Gasteiger partial charge >= 0.3 is 0 Å². The summed E-state index contributed by atoms with van der Waals surface area (Å²) in [6, 6.07) is 62.6. The topological polar surface area (TPSA) is 29.3 Å². The molecule has 0 bridgehead atoms. The number of benzene rings is 7. The maximum atomic E-state index is 7.17. The fraction of sp³-hybridized carbons (Fsp3) is 0.0984. The average molecular weight is 819 g/mol. The molecule has 0 saturated heterocycles. The van der Waals surface area contributed by atoms with Crippen molar-refractivity contribution in [3.63, 3.8) is 0 Å². The van der Waals surface area contributed by atoms with Crippen LogP contribution in [0.5, 0.6) is 0 Å². The maximum Gasteiger partial charge on any atom is 0.139 e. The molecule has 2 unspecified atom stereocenters. The summed E-state index contributed by atoms with van der Waals surface area (Å²) in [5.74, 6) is 0.442. The van der Waals surface area contributed by atoms with Crippen molar-refractivity contribution in [2.24, 2.45) is 5.92 Å². The molecular weight excluding hydrogens is 777 g/mol. The second-order valence-electron chi connectivity index (χ2n) is 18.0. The quantitative estimate of drug-likeness (QED) is 0.173. The third kappa shape index (κ3) is 4.53. The molecule has 2 heterocycles. The summed E-state index contributed by atoms with van der Waals surface area (Å²) in [6.07, 6.45) is 20.3. The van der Waals surface area contributed by atoms with Crippen LogP contribution in [0.2, 0.25) is 0 Å². The predicted octanol–water partition coefficient (Wildman–Crippen LogP) is 15.1. The summed E-state index contributed by atoms with van der Waals surface area (Å²) in [7, 11) is 0. The van der Waals surface area contributed by atoms with Gasteiger partial charge in [0, 0.05) is 51.3 Å². The van der Waals surface area contributed by atoms with Crippen LogP contribution in [-0.2, 0) is 10.8 Å². The molecule has 5 aliphatic carbocycles. The Morgan fingerprint density at radius 1 is 0.578 bits per heavy atom. The molecule has 3 nitrogen and oxygen atoms in total. The Balaban J connectivity index is 1.01. The zero-order chi connectivity index (χ0) is 42.0. The van der Waals surface area contributed by atoms with Gasteiger partial charge in [-0.2, -0.15) is 0 Å². The number of furan rings is 1. The van der Waals surface area contributed by atoms with Gasteiger partial charge in [0.1, 0.15) is 11.2 Å². The number of hydrogen-bond donors (Lipinski definition) is 0. The Labute approximate surface area is 372 Å². The van der Waals surface area contributed by atoms with Gasteiger partial charge in [0.25, 0.3) is 0 Å². The third-order valence-corrected chi connectivity index (χ3v) is 15.2. The van der Waals surface area contributed by atoms with Crippen LogP contribution in [0.3, 0.4) is 0 Å². The molecule has 7 aromatic carbocycles. The molecule has 3 heteroatoms. The van der Waals surface area contributed by atoms with Gasteiger partial charge in [0.05, 0.1) is 22.7 Å². The first kappa shape index (κ1) is 35.8. The number of fused-ring (bicyclic) bond motifs is 15. The Kier molecular flexibility index (Phi) is 7.48. The van der Waals surface area contributed by atoms with Crippen LogP contribution in [0.25, 0.3) is 38.6 Å². The highest BCUT2D eigenvalue weighted by Crippen LogP contribution is 2.65. The molecule has 2 aromatic heterocycles. The van der Waals surface area contributed by atoms with Crippen LogP contribution < -0.4 is 4.90 Å². The fourth-order valence-corrected chi connectivity index (χ4v) is 12.9. The van der Waals surface area contributed by atoms with Crippen molar-refractivity contribution >= 4 is 44.6 Å². The van der Waals surface area contributed by atoms with Crippen LogP contribution in [-0.4, -0.2) is 4.98 Å². The van der Waals surface area contributed by atoms with E-state index in [0.717, 1.165) is 51.8 Å². The normalized spacial score (nSPS) is 20.3. The molecule has 302 valence electrons. The smallest absolute Gasteiger partial charge is 0.139 e. The molecule has 0 amide bonds. The van der Waals surface area contributed by atoms with Crippen molar-refractivity contribution in [3.8, 4) is 11.1 Å². The Hall–Kier alpha value is -7.75. The maximum absolute atomic E-state index is 7.17. The number of allylic oxidation sites excluding steroid dienone is 8. The fourth-order valence-electron chi connectivity index (χ4n) is 12.9. The van der Waals surface area contributed by atoms with Gasteiger partial charge < -0.3 is 9.32 Å². The molecule has 14 rings (SSSR count). The molecule has 0 aliphatic heterocycles. The van der Waals surface area contributed by atoms with E-state index in [4.69, 9.17) is 9.40 Å². The standard InChI is InChI=1S/C61H42N2O/c1-3-18-39(19-4-1)60(49-28-12-7-22-42(49)43-23-8-13-29-50(43)60)54-33-17-27-46-48-36-41(34-35-57(48)64-59(46)54)63(40-20-5-2-6-21-40)56-38-62-37-55-58(56)47-26-11-16-32-53(47)61(55)51-30-14-9-24-44(51)45-25-10-15-31-52(45)61/h1-10,12-25,27-38,42,49H,11,26H2/t42?,49?,60-/m0/s1. The van der Waals surface area contributed by atoms with Gasteiger partial charge in [-0.25, -0.2) is 0 Å². The first-order valence-corrected chi connectivity index (χ1v) is 22.7. The number of nitrogens with zero attached hydrogens (tertiary/aromatic N) is 2. The van der Waals surface area contributed by atoms with Crippen LogP contribution in [0, 0.1) is 5.92 Å². The highest BCUT2D eigenvalue weighted by atomic mass is 16.3. The molecule has 3 atom stereocenters. The van der Waals surface area contributed by atoms with Crippen molar-refractivity contribution in [2.45, 2.75) is 29.6 Å². The van der Waals surface area contributed by atoms with E-state index in [1.54, 1.807) is 0 Å². The molecule has 0 radical (unpaired) electrons. The van der Waals surface area contributed by atoms with Crippen LogP contribution >= 0.6 is 0 Å². The molecule has 9 aromatic rings. The van der Waals surface area contributed by atoms with Gasteiger partial charge in [-0.15, -0.1) is 0 Å². The zero-order valence-corrected chi connectivity index (χ0v) is 35.2. The van der Waals surface area contributed by atoms with Crippen molar-refractivity contribution < 1.29 is 4.42 Å². The minimum atomic E-state index is -0.459. The lowest BCUT2D eigenvalue weighted by Gasteiger charge is -2.38. The second kappa shape index (κ2) is 13.4. The van der Waals surface area contributed by atoms with Crippen molar-refractivity contribution in [2.75, 3.05) is 4.90 Å². The molecule has 0 N–H and O–H groups in total. The van der Waals surface area contributed by atoms with E-state index >= 15 is 0 Å². The lowest BCUT2D eigenvalue weighted by atomic mass is 9.63. The van der Waals surface area contributed by atoms with Gasteiger partial charge in [0.2, 0.25) is 0 Å². The SMILES string of the molecule is C1=CC2c3ccccc3[C@@](c3ccccc3)(c3cccc4c3oc3ccc(N(c5ccccc5)c5cncc6c5C5=C(C=CCC5)C65c6ccccc6-c6ccccc65)cc34)C2C=C1. The first-order valence-electron chi connectivity index (χ1n) is 22.7. The van der Waals surface area contributed by atoms with E-state index in [9.17, 15) is 0 Å². The lowest BCUT2D eigenvalue weighted by Crippen LogP contribution is -2.35. The van der Waals surface area contributed by atoms with E-state index in [0.29, 0.717) is 0 Å². The number of rotatable bonds is 5. The number of pyridine rings is 1. The van der Waals surface area contributed by atoms with Gasteiger partial charge in [-0.3, -0.25) is 4.98 Å². The second-order valence-corrected chi connectivity index (χ2v) is 18.0. The zero-order valence-electron chi connectivity index (χ0n) is 35.2. The van der Waals surface area contributed by atoms with E-state index in [1.807, 2.05) is 0 Å². The molecule has 0 fully saturated rings. The van der Waals surface area contributed by atoms with Crippen LogP contribution in [0.1, 0.15) is 63.3 Å². The Morgan fingerprint density at radius 3 is 2.09 bits per heavy atom. The van der Waals surface area contributed by atoms with E-state index in [2.05, 4.69) is 224 Å². The van der Waals surface area contributed by atoms with E-state index < -0.39 is 10.8 Å². The minimum Gasteiger partial charge on any atom is -0.456 e. The number of aromatic nitrogens is 1. The lowest BCUT2D eigenvalue weighted by molar-refractivity contribution is 0.454. The van der Waals surface area contributed by atoms with Crippen molar-refractivity contribution in [3.05, 3.63) is 269 Å². The minimum absolute atomic E-state index is 0.184. The summed E-state index contributed by atoms with van der Waals surface area (Å²) in [5.41, 5.74) is 20.0. The predicted molar refractivity (Wildman–Crippen MR) is 261 cm³/mol. The summed E-state index contributed by atoms with van der Waals surface area (Å²) in [5, 5.41) is 2.21. The Morgan fingerprint density at radius 2 is 1.28 bits per heavy atom. The molecule has 64 heavy (non-hydrogen) atoms. The van der Waals surface area contributed by atoms with Crippen LogP contribution in [0.15, 0.2) is 229 Å². The highest BCUT2D eigenvalue weighted by Gasteiger charge is 2.55. The first-order chi connectivity index (χ1) is 31.8.